The Kier molecular flexibility index (Phi) is 11.6. The molecule has 6 aromatic carbocycles. The third kappa shape index (κ3) is 8.09. The van der Waals surface area contributed by atoms with Crippen molar-refractivity contribution < 1.29 is 29.1 Å². The molecule has 0 atom stereocenters. The number of benzene rings is 6. The van der Waals surface area contributed by atoms with Gasteiger partial charge in [0.1, 0.15) is 17.3 Å². The summed E-state index contributed by atoms with van der Waals surface area (Å²) in [4.78, 5) is 4.67. The van der Waals surface area contributed by atoms with E-state index in [0.717, 1.165) is 72.0 Å². The van der Waals surface area contributed by atoms with E-state index in [1.807, 2.05) is 88.3 Å². The zero-order valence-corrected chi connectivity index (χ0v) is 40.2. The third-order valence-electron chi connectivity index (χ3n) is 11.8. The molecule has 0 aliphatic carbocycles. The second-order valence-corrected chi connectivity index (χ2v) is 19.3. The molecular weight excluding hydrogens is 963 g/mol. The van der Waals surface area contributed by atoms with Crippen molar-refractivity contribution in [3.63, 3.8) is 0 Å². The fraction of sp³-hybridized carbons (Fsp3) is 0.211. The summed E-state index contributed by atoms with van der Waals surface area (Å²) in [6.45, 7) is 20.1. The molecule has 0 amide bonds. The number of nitrogens with zero attached hydrogens (tertiary/aromatic N) is 5. The van der Waals surface area contributed by atoms with E-state index in [2.05, 4.69) is 157 Å². The van der Waals surface area contributed by atoms with E-state index in [1.54, 1.807) is 6.20 Å². The van der Waals surface area contributed by atoms with Crippen molar-refractivity contribution in [2.45, 2.75) is 78.6 Å². The number of furan rings is 1. The number of nitriles is 1. The second-order valence-electron chi connectivity index (χ2n) is 19.3. The molecule has 4 heterocycles. The minimum absolute atomic E-state index is 0. The molecule has 0 aliphatic rings. The number of imidazole rings is 1. The molecule has 0 bridgehead atoms. The Bertz CT molecular complexity index is 3210. The van der Waals surface area contributed by atoms with E-state index in [9.17, 15) is 5.26 Å². The molecule has 0 unspecified atom stereocenters. The van der Waals surface area contributed by atoms with Gasteiger partial charge in [-0.2, -0.15) is 35.6 Å². The first kappa shape index (κ1) is 44.0. The standard InChI is InChI=1S/C42H40N3O.C15H11N2.Ir/c1-40(2,3)26-14-17-28-29-18-15-27(41(4,5)6)23-35(29)45(34(28)22-26)37-25(24-43)13-16-31-36-32(42(7,8)9)20-19-30(38(36)46-39(31)37)33-12-10-11-21-44-33;1-3-7-14(8-4-1)16-11-12-17(13-16)15-9-5-2-6-10-15;/h10-18,20-23H,1-9H3;1-9,11-12H;/q2*-1;+3. The van der Waals surface area contributed by atoms with Crippen LogP contribution in [-0.2, 0) is 36.4 Å². The summed E-state index contributed by atoms with van der Waals surface area (Å²) in [7, 11) is 0. The van der Waals surface area contributed by atoms with Gasteiger partial charge in [-0.25, -0.2) is 0 Å². The molecule has 318 valence electrons. The topological polar surface area (TPSA) is 63.6 Å². The Morgan fingerprint density at radius 3 is 1.89 bits per heavy atom. The van der Waals surface area contributed by atoms with Crippen LogP contribution in [0.2, 0.25) is 0 Å². The zero-order chi connectivity index (χ0) is 44.3. The van der Waals surface area contributed by atoms with Gasteiger partial charge in [-0.05, 0) is 75.2 Å². The van der Waals surface area contributed by atoms with Crippen LogP contribution < -0.4 is 4.57 Å². The number of hydrogen-bond donors (Lipinski definition) is 0. The molecule has 0 aliphatic heterocycles. The van der Waals surface area contributed by atoms with Gasteiger partial charge in [-0.3, -0.25) is 4.57 Å². The molecule has 0 radical (unpaired) electrons. The number of fused-ring (bicyclic) bond motifs is 6. The van der Waals surface area contributed by atoms with E-state index >= 15 is 0 Å². The molecule has 0 N–H and O–H groups in total. The number of hydrogen-bond acceptors (Lipinski definition) is 3. The summed E-state index contributed by atoms with van der Waals surface area (Å²) in [6, 6.07) is 52.7. The Balaban J connectivity index is 0.000000260. The average molecular weight is 1010 g/mol. The molecule has 0 saturated heterocycles. The first-order valence-electron chi connectivity index (χ1n) is 21.5. The molecule has 0 spiro atoms. The largest absolute Gasteiger partial charge is 3.00 e. The van der Waals surface area contributed by atoms with Crippen molar-refractivity contribution in [3.8, 4) is 34.4 Å². The van der Waals surface area contributed by atoms with E-state index in [4.69, 9.17) is 4.42 Å². The van der Waals surface area contributed by atoms with E-state index in [1.165, 1.54) is 11.1 Å². The molecule has 0 fully saturated rings. The maximum Gasteiger partial charge on any atom is 3.00 e. The maximum atomic E-state index is 10.7. The van der Waals surface area contributed by atoms with Gasteiger partial charge < -0.3 is 18.5 Å². The predicted octanol–water partition coefficient (Wildman–Crippen LogP) is 13.7. The van der Waals surface area contributed by atoms with Crippen molar-refractivity contribution >= 4 is 43.7 Å². The Morgan fingerprint density at radius 1 is 0.672 bits per heavy atom. The van der Waals surface area contributed by atoms with Gasteiger partial charge in [0, 0.05) is 34.7 Å². The SMILES string of the molecule is CC(C)(C)c1ccc2c3ccc(C(C)(C)C)cc3n(-c3c(C#N)ccc4c3oc3c(-c5ccccn5)[c-]cc(C(C)(C)C)c34)c2c1.[Ir+3].[c-]1ccccc1-n1[c-][n+](-c2ccccc2)cc1. The first-order chi connectivity index (χ1) is 30.1. The molecular formula is C57H51IrN5O+. The van der Waals surface area contributed by atoms with E-state index < -0.39 is 0 Å². The van der Waals surface area contributed by atoms with Crippen LogP contribution in [0.4, 0.5) is 0 Å². The minimum atomic E-state index is -0.168. The Morgan fingerprint density at radius 2 is 1.31 bits per heavy atom. The van der Waals surface area contributed by atoms with Crippen LogP contribution in [0, 0.1) is 29.8 Å². The van der Waals surface area contributed by atoms with Crippen LogP contribution in [0.25, 0.3) is 72.1 Å². The maximum absolute atomic E-state index is 10.7. The fourth-order valence-corrected chi connectivity index (χ4v) is 8.39. The molecule has 10 rings (SSSR count). The molecule has 0 saturated carbocycles. The molecule has 4 aromatic heterocycles. The van der Waals surface area contributed by atoms with Gasteiger partial charge in [0.05, 0.1) is 27.9 Å². The van der Waals surface area contributed by atoms with Crippen LogP contribution in [0.3, 0.4) is 0 Å². The van der Waals surface area contributed by atoms with Crippen molar-refractivity contribution in [1.29, 1.82) is 5.26 Å². The number of para-hydroxylation sites is 2. The third-order valence-corrected chi connectivity index (χ3v) is 11.8. The average Bonchev–Trinajstić information content (AvgIpc) is 4.01. The quantitative estimate of drug-likeness (QED) is 0.130. The van der Waals surface area contributed by atoms with Gasteiger partial charge in [0.2, 0.25) is 0 Å². The van der Waals surface area contributed by atoms with E-state index in [-0.39, 0.29) is 36.4 Å². The van der Waals surface area contributed by atoms with Gasteiger partial charge in [-0.1, -0.05) is 134 Å². The predicted molar refractivity (Wildman–Crippen MR) is 256 cm³/mol. The molecule has 64 heavy (non-hydrogen) atoms. The van der Waals surface area contributed by atoms with Crippen LogP contribution >= 0.6 is 0 Å². The van der Waals surface area contributed by atoms with Crippen LogP contribution in [0.15, 0.2) is 150 Å². The number of rotatable bonds is 4. The molecule has 10 aromatic rings. The first-order valence-corrected chi connectivity index (χ1v) is 21.5. The summed E-state index contributed by atoms with van der Waals surface area (Å²) in [5.74, 6) is 0. The zero-order valence-electron chi connectivity index (χ0n) is 37.8. The second kappa shape index (κ2) is 16.8. The van der Waals surface area contributed by atoms with Crippen LogP contribution in [0.5, 0.6) is 0 Å². The normalized spacial score (nSPS) is 12.0. The molecule has 6 nitrogen and oxygen atoms in total. The number of aromatic nitrogens is 4. The van der Waals surface area contributed by atoms with Crippen molar-refractivity contribution in [2.24, 2.45) is 0 Å². The van der Waals surface area contributed by atoms with E-state index in [0.29, 0.717) is 11.1 Å². The summed E-state index contributed by atoms with van der Waals surface area (Å²) < 4.78 is 13.2. The smallest absolute Gasteiger partial charge is 0.498 e. The summed E-state index contributed by atoms with van der Waals surface area (Å²) in [5.41, 5.74) is 11.9. The molecule has 7 heteroatoms. The minimum Gasteiger partial charge on any atom is -0.498 e. The monoisotopic (exact) mass is 1010 g/mol. The Hall–Kier alpha value is -6.58. The Labute approximate surface area is 389 Å². The van der Waals surface area contributed by atoms with Crippen molar-refractivity contribution in [2.75, 3.05) is 0 Å². The summed E-state index contributed by atoms with van der Waals surface area (Å²) in [6.07, 6.45) is 9.00. The van der Waals surface area contributed by atoms with Crippen LogP contribution in [-0.4, -0.2) is 14.1 Å². The van der Waals surface area contributed by atoms with Gasteiger partial charge in [0.15, 0.2) is 0 Å². The van der Waals surface area contributed by atoms with Crippen LogP contribution in [0.1, 0.15) is 84.6 Å². The van der Waals surface area contributed by atoms with Gasteiger partial charge in [-0.15, -0.1) is 17.7 Å². The fourth-order valence-electron chi connectivity index (χ4n) is 8.39. The van der Waals surface area contributed by atoms with Crippen molar-refractivity contribution in [3.05, 3.63) is 187 Å². The summed E-state index contributed by atoms with van der Waals surface area (Å²) in [5, 5.41) is 15.0. The summed E-state index contributed by atoms with van der Waals surface area (Å²) >= 11 is 0. The van der Waals surface area contributed by atoms with Gasteiger partial charge in [0.25, 0.3) is 6.33 Å². The number of pyridine rings is 1. The van der Waals surface area contributed by atoms with Crippen molar-refractivity contribution in [1.82, 2.24) is 14.1 Å². The van der Waals surface area contributed by atoms with Gasteiger partial charge >= 0.3 is 20.1 Å².